The molecular weight excluding hydrogens is 259 g/mol. The normalized spacial score (nSPS) is 14.1. The fourth-order valence-electron chi connectivity index (χ4n) is 2.30. The first-order valence-electron chi connectivity index (χ1n) is 6.52. The van der Waals surface area contributed by atoms with Crippen LogP contribution in [0.2, 0.25) is 0 Å². The van der Waals surface area contributed by atoms with Crippen LogP contribution in [0.3, 0.4) is 0 Å². The number of halogens is 2. The lowest BCUT2D eigenvalue weighted by molar-refractivity contribution is 0.555. The average molecular weight is 277 g/mol. The van der Waals surface area contributed by atoms with Crippen LogP contribution in [0.1, 0.15) is 29.0 Å². The molecule has 0 aliphatic heterocycles. The number of aryl methyl sites for hydroxylation is 1. The second kappa shape index (κ2) is 6.21. The summed E-state index contributed by atoms with van der Waals surface area (Å²) >= 11 is 6.52. The molecule has 0 nitrogen and oxygen atoms in total. The van der Waals surface area contributed by atoms with Gasteiger partial charge in [0.1, 0.15) is 5.82 Å². The molecule has 2 rings (SSSR count). The van der Waals surface area contributed by atoms with E-state index in [1.165, 1.54) is 6.07 Å². The van der Waals surface area contributed by atoms with Crippen LogP contribution in [0.15, 0.2) is 48.5 Å². The molecule has 0 heterocycles. The maximum Gasteiger partial charge on any atom is 0.123 e. The molecule has 2 unspecified atom stereocenters. The van der Waals surface area contributed by atoms with Crippen LogP contribution in [0, 0.1) is 18.7 Å². The smallest absolute Gasteiger partial charge is 0.123 e. The fraction of sp³-hybridized carbons (Fsp3) is 0.294. The van der Waals surface area contributed by atoms with Gasteiger partial charge in [-0.1, -0.05) is 43.3 Å². The zero-order valence-electron chi connectivity index (χ0n) is 11.2. The zero-order chi connectivity index (χ0) is 13.8. The molecule has 0 radical (unpaired) electrons. The van der Waals surface area contributed by atoms with E-state index in [0.29, 0.717) is 5.92 Å². The molecule has 2 aromatic carbocycles. The third-order valence-electron chi connectivity index (χ3n) is 3.46. The van der Waals surface area contributed by atoms with Crippen LogP contribution in [0.4, 0.5) is 4.39 Å². The van der Waals surface area contributed by atoms with Gasteiger partial charge in [0.15, 0.2) is 0 Å². The number of benzene rings is 2. The Balaban J connectivity index is 2.10. The monoisotopic (exact) mass is 276 g/mol. The molecule has 0 aromatic heterocycles. The molecule has 0 fully saturated rings. The molecular formula is C17H18ClF. The highest BCUT2D eigenvalue weighted by atomic mass is 35.5. The van der Waals surface area contributed by atoms with Crippen LogP contribution < -0.4 is 0 Å². The molecule has 0 spiro atoms. The maximum absolute atomic E-state index is 13.1. The van der Waals surface area contributed by atoms with Gasteiger partial charge in [-0.05, 0) is 48.1 Å². The molecule has 0 saturated heterocycles. The maximum atomic E-state index is 13.1. The molecule has 100 valence electrons. The van der Waals surface area contributed by atoms with E-state index in [-0.39, 0.29) is 11.2 Å². The molecule has 0 aliphatic carbocycles. The predicted molar refractivity (Wildman–Crippen MR) is 79.0 cm³/mol. The van der Waals surface area contributed by atoms with Gasteiger partial charge in [0.05, 0.1) is 5.38 Å². The average Bonchev–Trinajstić information content (AvgIpc) is 2.42. The van der Waals surface area contributed by atoms with Crippen molar-refractivity contribution in [2.24, 2.45) is 5.92 Å². The highest BCUT2D eigenvalue weighted by Gasteiger charge is 2.17. The van der Waals surface area contributed by atoms with E-state index in [0.717, 1.165) is 23.1 Å². The molecule has 0 saturated carbocycles. The predicted octanol–water partition coefficient (Wildman–Crippen LogP) is 5.29. The van der Waals surface area contributed by atoms with Crippen LogP contribution in [0.5, 0.6) is 0 Å². The van der Waals surface area contributed by atoms with Crippen LogP contribution in [-0.4, -0.2) is 0 Å². The van der Waals surface area contributed by atoms with Crippen LogP contribution in [0.25, 0.3) is 0 Å². The Morgan fingerprint density at radius 1 is 1.11 bits per heavy atom. The highest BCUT2D eigenvalue weighted by Crippen LogP contribution is 2.31. The van der Waals surface area contributed by atoms with E-state index in [1.807, 2.05) is 43.3 Å². The molecule has 19 heavy (non-hydrogen) atoms. The zero-order valence-corrected chi connectivity index (χ0v) is 12.0. The lowest BCUT2D eigenvalue weighted by Gasteiger charge is -2.19. The highest BCUT2D eigenvalue weighted by molar-refractivity contribution is 6.21. The lowest BCUT2D eigenvalue weighted by Crippen LogP contribution is -2.08. The molecule has 0 N–H and O–H groups in total. The summed E-state index contributed by atoms with van der Waals surface area (Å²) in [6, 6.07) is 15.0. The van der Waals surface area contributed by atoms with Gasteiger partial charge in [-0.3, -0.25) is 0 Å². The van der Waals surface area contributed by atoms with Crippen molar-refractivity contribution in [1.82, 2.24) is 0 Å². The quantitative estimate of drug-likeness (QED) is 0.665. The Hall–Kier alpha value is -1.34. The first-order valence-corrected chi connectivity index (χ1v) is 6.95. The third-order valence-corrected chi connectivity index (χ3v) is 4.15. The largest absolute Gasteiger partial charge is 0.207 e. The van der Waals surface area contributed by atoms with E-state index in [9.17, 15) is 4.39 Å². The Morgan fingerprint density at radius 2 is 1.79 bits per heavy atom. The number of rotatable bonds is 4. The van der Waals surface area contributed by atoms with Crippen molar-refractivity contribution in [3.8, 4) is 0 Å². The van der Waals surface area contributed by atoms with Crippen molar-refractivity contribution >= 4 is 11.6 Å². The van der Waals surface area contributed by atoms with Crippen molar-refractivity contribution in [2.75, 3.05) is 0 Å². The standard InChI is InChI=1S/C17H18ClF/c1-12-11-16(19)9-8-15(12)10-13(2)17(18)14-6-4-3-5-7-14/h3-9,11,13,17H,10H2,1-2H3. The minimum Gasteiger partial charge on any atom is -0.207 e. The summed E-state index contributed by atoms with van der Waals surface area (Å²) in [7, 11) is 0. The molecule has 0 amide bonds. The Morgan fingerprint density at radius 3 is 2.42 bits per heavy atom. The first-order chi connectivity index (χ1) is 9.08. The van der Waals surface area contributed by atoms with Gasteiger partial charge in [-0.15, -0.1) is 11.6 Å². The summed E-state index contributed by atoms with van der Waals surface area (Å²) in [6.45, 7) is 4.07. The minimum absolute atomic E-state index is 0.0225. The second-order valence-corrected chi connectivity index (χ2v) is 5.53. The SMILES string of the molecule is Cc1cc(F)ccc1CC(C)C(Cl)c1ccccc1. The molecule has 2 heteroatoms. The number of alkyl halides is 1. The molecule has 2 atom stereocenters. The number of hydrogen-bond acceptors (Lipinski definition) is 0. The van der Waals surface area contributed by atoms with Gasteiger partial charge < -0.3 is 0 Å². The third kappa shape index (κ3) is 3.57. The summed E-state index contributed by atoms with van der Waals surface area (Å²) in [5.74, 6) is 0.118. The van der Waals surface area contributed by atoms with Crippen LogP contribution >= 0.6 is 11.6 Å². The van der Waals surface area contributed by atoms with E-state index in [2.05, 4.69) is 6.92 Å². The van der Waals surface area contributed by atoms with Crippen molar-refractivity contribution < 1.29 is 4.39 Å². The van der Waals surface area contributed by atoms with Crippen molar-refractivity contribution in [3.05, 3.63) is 71.0 Å². The minimum atomic E-state index is -0.181. The molecule has 2 aromatic rings. The fourth-order valence-corrected chi connectivity index (χ4v) is 2.54. The summed E-state index contributed by atoms with van der Waals surface area (Å²) in [5.41, 5.74) is 3.29. The topological polar surface area (TPSA) is 0 Å². The van der Waals surface area contributed by atoms with Gasteiger partial charge in [0.2, 0.25) is 0 Å². The summed E-state index contributed by atoms with van der Waals surface area (Å²) in [6.07, 6.45) is 0.856. The molecule has 0 aliphatic rings. The Kier molecular flexibility index (Phi) is 4.60. The van der Waals surface area contributed by atoms with Gasteiger partial charge in [0, 0.05) is 0 Å². The lowest BCUT2D eigenvalue weighted by atomic mass is 9.92. The van der Waals surface area contributed by atoms with Gasteiger partial charge >= 0.3 is 0 Å². The van der Waals surface area contributed by atoms with Crippen molar-refractivity contribution in [3.63, 3.8) is 0 Å². The Bertz CT molecular complexity index is 536. The van der Waals surface area contributed by atoms with Gasteiger partial charge in [-0.2, -0.15) is 0 Å². The van der Waals surface area contributed by atoms with E-state index in [4.69, 9.17) is 11.6 Å². The summed E-state index contributed by atoms with van der Waals surface area (Å²) < 4.78 is 13.1. The first kappa shape index (κ1) is 14.1. The van der Waals surface area contributed by atoms with E-state index < -0.39 is 0 Å². The summed E-state index contributed by atoms with van der Waals surface area (Å²) in [4.78, 5) is 0. The van der Waals surface area contributed by atoms with Crippen molar-refractivity contribution in [2.45, 2.75) is 25.6 Å². The summed E-state index contributed by atoms with van der Waals surface area (Å²) in [5, 5.41) is -0.0225. The van der Waals surface area contributed by atoms with E-state index >= 15 is 0 Å². The van der Waals surface area contributed by atoms with Crippen LogP contribution in [-0.2, 0) is 6.42 Å². The van der Waals surface area contributed by atoms with Crippen molar-refractivity contribution in [1.29, 1.82) is 0 Å². The van der Waals surface area contributed by atoms with Gasteiger partial charge in [-0.25, -0.2) is 4.39 Å². The molecule has 0 bridgehead atoms. The Labute approximate surface area is 119 Å². The van der Waals surface area contributed by atoms with E-state index in [1.54, 1.807) is 6.07 Å². The second-order valence-electron chi connectivity index (χ2n) is 5.06. The number of hydrogen-bond donors (Lipinski definition) is 0. The van der Waals surface area contributed by atoms with Gasteiger partial charge in [0.25, 0.3) is 0 Å².